The number of hydrogen-bond donors (Lipinski definition) is 1. The van der Waals surface area contributed by atoms with Crippen molar-refractivity contribution in [1.82, 2.24) is 19.7 Å². The number of methoxy groups -OCH3 is 1. The lowest BCUT2D eigenvalue weighted by atomic mass is 10.2. The number of halogens is 1. The van der Waals surface area contributed by atoms with E-state index in [0.29, 0.717) is 28.6 Å². The van der Waals surface area contributed by atoms with E-state index in [1.807, 2.05) is 31.2 Å². The summed E-state index contributed by atoms with van der Waals surface area (Å²) in [6, 6.07) is 14.0. The number of benzene rings is 2. The zero-order valence-electron chi connectivity index (χ0n) is 14.3. The molecule has 26 heavy (non-hydrogen) atoms. The van der Waals surface area contributed by atoms with Gasteiger partial charge in [-0.25, -0.2) is 19.0 Å². The van der Waals surface area contributed by atoms with E-state index < -0.39 is 0 Å². The van der Waals surface area contributed by atoms with Crippen molar-refractivity contribution >= 4 is 22.5 Å². The van der Waals surface area contributed by atoms with Crippen molar-refractivity contribution in [1.29, 1.82) is 0 Å². The second-order valence-electron chi connectivity index (χ2n) is 5.69. The van der Waals surface area contributed by atoms with Crippen molar-refractivity contribution in [2.45, 2.75) is 6.92 Å². The number of aromatic nitrogens is 4. The first-order valence-corrected chi connectivity index (χ1v) is 8.04. The lowest BCUT2D eigenvalue weighted by Gasteiger charge is -2.11. The molecule has 0 bridgehead atoms. The quantitative estimate of drug-likeness (QED) is 0.603. The van der Waals surface area contributed by atoms with Gasteiger partial charge in [0, 0.05) is 0 Å². The molecular weight excluding hydrogens is 333 g/mol. The van der Waals surface area contributed by atoms with Crippen LogP contribution in [-0.2, 0) is 0 Å². The highest BCUT2D eigenvalue weighted by molar-refractivity contribution is 5.92. The van der Waals surface area contributed by atoms with Crippen molar-refractivity contribution < 1.29 is 9.13 Å². The molecule has 0 aliphatic rings. The Morgan fingerprint density at radius 3 is 2.62 bits per heavy atom. The number of anilines is 2. The summed E-state index contributed by atoms with van der Waals surface area (Å²) in [6.07, 6.45) is 1.43. The summed E-state index contributed by atoms with van der Waals surface area (Å²) in [5, 5.41) is 8.46. The van der Waals surface area contributed by atoms with Crippen molar-refractivity contribution in [3.63, 3.8) is 0 Å². The molecule has 2 heterocycles. The predicted octanol–water partition coefficient (Wildman–Crippen LogP) is 4.02. The van der Waals surface area contributed by atoms with Gasteiger partial charge in [0.2, 0.25) is 0 Å². The zero-order chi connectivity index (χ0) is 18.1. The average Bonchev–Trinajstić information content (AvgIpc) is 3.00. The molecule has 0 atom stereocenters. The van der Waals surface area contributed by atoms with Gasteiger partial charge >= 0.3 is 0 Å². The normalized spacial score (nSPS) is 10.9. The lowest BCUT2D eigenvalue weighted by Crippen LogP contribution is -2.02. The molecule has 0 amide bonds. The Morgan fingerprint density at radius 2 is 1.81 bits per heavy atom. The number of fused-ring (bicyclic) bond motifs is 1. The molecule has 0 unspecified atom stereocenters. The van der Waals surface area contributed by atoms with Crippen LogP contribution in [0.25, 0.3) is 16.7 Å². The van der Waals surface area contributed by atoms with Gasteiger partial charge in [-0.1, -0.05) is 24.3 Å². The Kier molecular flexibility index (Phi) is 3.96. The van der Waals surface area contributed by atoms with Crippen LogP contribution in [0.4, 0.5) is 15.9 Å². The fourth-order valence-electron chi connectivity index (χ4n) is 2.88. The number of nitrogens with one attached hydrogen (secondary N) is 1. The van der Waals surface area contributed by atoms with Crippen LogP contribution in [0.3, 0.4) is 0 Å². The van der Waals surface area contributed by atoms with Gasteiger partial charge in [-0.15, -0.1) is 0 Å². The third-order valence-corrected chi connectivity index (χ3v) is 4.08. The Bertz CT molecular complexity index is 1090. The van der Waals surface area contributed by atoms with Crippen LogP contribution < -0.4 is 10.1 Å². The molecule has 0 saturated heterocycles. The fraction of sp³-hybridized carbons (Fsp3) is 0.105. The first-order chi connectivity index (χ1) is 12.7. The molecule has 0 aliphatic heterocycles. The summed E-state index contributed by atoms with van der Waals surface area (Å²) >= 11 is 0. The molecule has 2 aromatic heterocycles. The first kappa shape index (κ1) is 16.0. The summed E-state index contributed by atoms with van der Waals surface area (Å²) < 4.78 is 21.1. The van der Waals surface area contributed by atoms with E-state index in [9.17, 15) is 4.39 Å². The van der Waals surface area contributed by atoms with E-state index in [1.54, 1.807) is 25.3 Å². The molecule has 0 fully saturated rings. The van der Waals surface area contributed by atoms with E-state index in [2.05, 4.69) is 20.4 Å². The van der Waals surface area contributed by atoms with Crippen LogP contribution in [0.5, 0.6) is 5.75 Å². The van der Waals surface area contributed by atoms with E-state index in [1.165, 1.54) is 17.1 Å². The average molecular weight is 349 g/mol. The number of para-hydroxylation sites is 3. The number of hydrogen-bond acceptors (Lipinski definition) is 5. The lowest BCUT2D eigenvalue weighted by molar-refractivity contribution is 0.417. The molecule has 4 aromatic rings. The second kappa shape index (κ2) is 6.44. The number of nitrogens with zero attached hydrogens (tertiary/aromatic N) is 4. The topological polar surface area (TPSA) is 64.9 Å². The van der Waals surface area contributed by atoms with Crippen LogP contribution in [0.1, 0.15) is 5.69 Å². The fourth-order valence-corrected chi connectivity index (χ4v) is 2.88. The van der Waals surface area contributed by atoms with Gasteiger partial charge in [0.05, 0.1) is 23.9 Å². The summed E-state index contributed by atoms with van der Waals surface area (Å²) in [4.78, 5) is 8.66. The highest BCUT2D eigenvalue weighted by Crippen LogP contribution is 2.31. The first-order valence-electron chi connectivity index (χ1n) is 8.04. The molecule has 0 saturated carbocycles. The molecule has 0 aliphatic carbocycles. The summed E-state index contributed by atoms with van der Waals surface area (Å²) in [6.45, 7) is 1.84. The number of ether oxygens (including phenoxy) is 1. The third-order valence-electron chi connectivity index (χ3n) is 4.08. The highest BCUT2D eigenvalue weighted by atomic mass is 19.1. The van der Waals surface area contributed by atoms with Gasteiger partial charge in [-0.05, 0) is 31.2 Å². The maximum atomic E-state index is 14.2. The van der Waals surface area contributed by atoms with Crippen LogP contribution in [0.15, 0.2) is 54.9 Å². The van der Waals surface area contributed by atoms with Crippen molar-refractivity contribution in [3.05, 3.63) is 66.4 Å². The molecule has 0 spiro atoms. The molecule has 4 rings (SSSR count). The van der Waals surface area contributed by atoms with Crippen LogP contribution in [0.2, 0.25) is 0 Å². The highest BCUT2D eigenvalue weighted by Gasteiger charge is 2.17. The van der Waals surface area contributed by atoms with Gasteiger partial charge in [0.1, 0.15) is 29.4 Å². The van der Waals surface area contributed by atoms with Crippen molar-refractivity contribution in [3.8, 4) is 11.4 Å². The summed E-state index contributed by atoms with van der Waals surface area (Å²) in [5.41, 5.74) is 2.34. The molecule has 7 heteroatoms. The standard InChI is InChI=1S/C19H16FN5O/c1-12-17-18(23-14-8-4-6-10-16(14)26-2)21-11-22-19(17)25(24-12)15-9-5-3-7-13(15)20/h3-11H,1-2H3,(H,21,22,23). The SMILES string of the molecule is COc1ccccc1Nc1ncnc2c1c(C)nn2-c1ccccc1F. The van der Waals surface area contributed by atoms with E-state index in [0.717, 1.165) is 11.1 Å². The van der Waals surface area contributed by atoms with E-state index in [4.69, 9.17) is 4.74 Å². The largest absolute Gasteiger partial charge is 0.495 e. The Morgan fingerprint density at radius 1 is 1.04 bits per heavy atom. The van der Waals surface area contributed by atoms with Gasteiger partial charge in [0.15, 0.2) is 5.65 Å². The minimum Gasteiger partial charge on any atom is -0.495 e. The van der Waals surface area contributed by atoms with Crippen molar-refractivity contribution in [2.24, 2.45) is 0 Å². The van der Waals surface area contributed by atoms with Gasteiger partial charge in [-0.3, -0.25) is 0 Å². The minimum atomic E-state index is -0.366. The third kappa shape index (κ3) is 2.63. The molecule has 0 radical (unpaired) electrons. The van der Waals surface area contributed by atoms with Crippen LogP contribution in [-0.4, -0.2) is 26.9 Å². The van der Waals surface area contributed by atoms with E-state index >= 15 is 0 Å². The molecule has 1 N–H and O–H groups in total. The van der Waals surface area contributed by atoms with Gasteiger partial charge < -0.3 is 10.1 Å². The predicted molar refractivity (Wildman–Crippen MR) is 97.6 cm³/mol. The van der Waals surface area contributed by atoms with Gasteiger partial charge in [0.25, 0.3) is 0 Å². The minimum absolute atomic E-state index is 0.340. The van der Waals surface area contributed by atoms with Gasteiger partial charge in [-0.2, -0.15) is 5.10 Å². The summed E-state index contributed by atoms with van der Waals surface area (Å²) in [5.74, 6) is 0.910. The zero-order valence-corrected chi connectivity index (χ0v) is 14.3. The maximum absolute atomic E-state index is 14.2. The second-order valence-corrected chi connectivity index (χ2v) is 5.69. The Balaban J connectivity index is 1.87. The molecular formula is C19H16FN5O. The van der Waals surface area contributed by atoms with Crippen molar-refractivity contribution in [2.75, 3.05) is 12.4 Å². The van der Waals surface area contributed by atoms with Crippen LogP contribution >= 0.6 is 0 Å². The van der Waals surface area contributed by atoms with E-state index in [-0.39, 0.29) is 5.82 Å². The smallest absolute Gasteiger partial charge is 0.168 e. The molecule has 130 valence electrons. The Hall–Kier alpha value is -3.48. The maximum Gasteiger partial charge on any atom is 0.168 e. The number of rotatable bonds is 4. The Labute approximate surface area is 149 Å². The van der Waals surface area contributed by atoms with Crippen LogP contribution in [0, 0.1) is 12.7 Å². The monoisotopic (exact) mass is 349 g/mol. The number of aryl methyl sites for hydroxylation is 1. The molecule has 6 nitrogen and oxygen atoms in total. The molecule has 2 aromatic carbocycles. The summed E-state index contributed by atoms with van der Waals surface area (Å²) in [7, 11) is 1.61.